The topological polar surface area (TPSA) is 102 Å². The van der Waals surface area contributed by atoms with Crippen molar-refractivity contribution < 1.29 is 9.90 Å². The van der Waals surface area contributed by atoms with Crippen molar-refractivity contribution in [3.8, 4) is 0 Å². The highest BCUT2D eigenvalue weighted by molar-refractivity contribution is 5.86. The monoisotopic (exact) mass is 190 g/mol. The summed E-state index contributed by atoms with van der Waals surface area (Å²) in [6, 6.07) is 4.84. The summed E-state index contributed by atoms with van der Waals surface area (Å²) in [5.74, 6) is -1.54. The minimum Gasteiger partial charge on any atom is -0.475 e. The smallest absolute Gasteiger partial charge is 0.375 e. The van der Waals surface area contributed by atoms with Gasteiger partial charge in [0.25, 0.3) is 5.82 Å². The number of carbonyl (C=O) groups is 1. The SMILES string of the molecule is Nc1ccc2nnc(C(=O)O)nc2c1. The van der Waals surface area contributed by atoms with E-state index in [4.69, 9.17) is 10.8 Å². The molecule has 0 bridgehead atoms. The third-order valence-electron chi connectivity index (χ3n) is 1.67. The summed E-state index contributed by atoms with van der Waals surface area (Å²) in [4.78, 5) is 14.3. The van der Waals surface area contributed by atoms with Crippen LogP contribution in [0.2, 0.25) is 0 Å². The third-order valence-corrected chi connectivity index (χ3v) is 1.67. The normalized spacial score (nSPS) is 10.3. The minimum absolute atomic E-state index is 0.330. The number of carboxylic acids is 1. The fraction of sp³-hybridized carbons (Fsp3) is 0. The molecule has 0 fully saturated rings. The van der Waals surface area contributed by atoms with Crippen molar-refractivity contribution in [2.24, 2.45) is 0 Å². The Morgan fingerprint density at radius 1 is 1.29 bits per heavy atom. The molecule has 14 heavy (non-hydrogen) atoms. The number of aromatic carboxylic acids is 1. The van der Waals surface area contributed by atoms with E-state index in [9.17, 15) is 4.79 Å². The van der Waals surface area contributed by atoms with Gasteiger partial charge in [-0.25, -0.2) is 9.78 Å². The number of rotatable bonds is 1. The second kappa shape index (κ2) is 2.91. The number of hydrogen-bond donors (Lipinski definition) is 2. The van der Waals surface area contributed by atoms with Crippen LogP contribution in [0.25, 0.3) is 11.0 Å². The lowest BCUT2D eigenvalue weighted by atomic mass is 10.3. The standard InChI is InChI=1S/C8H6N4O2/c9-4-1-2-5-6(3-4)10-7(8(13)14)12-11-5/h1-3H,9H2,(H,13,14). The number of nitrogens with two attached hydrogens (primary N) is 1. The quantitative estimate of drug-likeness (QED) is 0.627. The molecule has 0 saturated heterocycles. The van der Waals surface area contributed by atoms with E-state index < -0.39 is 5.97 Å². The third kappa shape index (κ3) is 1.33. The van der Waals surface area contributed by atoms with E-state index in [-0.39, 0.29) is 5.82 Å². The Hall–Kier alpha value is -2.24. The van der Waals surface area contributed by atoms with Crippen molar-refractivity contribution in [1.82, 2.24) is 15.2 Å². The van der Waals surface area contributed by atoms with Gasteiger partial charge in [0.2, 0.25) is 0 Å². The number of fused-ring (bicyclic) bond motifs is 1. The van der Waals surface area contributed by atoms with Crippen LogP contribution < -0.4 is 5.73 Å². The zero-order valence-corrected chi connectivity index (χ0v) is 7.01. The molecule has 1 aromatic heterocycles. The van der Waals surface area contributed by atoms with Crippen molar-refractivity contribution in [2.45, 2.75) is 0 Å². The number of hydrogen-bond acceptors (Lipinski definition) is 5. The first-order valence-corrected chi connectivity index (χ1v) is 3.80. The summed E-state index contributed by atoms with van der Waals surface area (Å²) in [7, 11) is 0. The Bertz CT molecular complexity index is 512. The lowest BCUT2D eigenvalue weighted by Gasteiger charge is -1.97. The highest BCUT2D eigenvalue weighted by Crippen LogP contribution is 2.11. The Morgan fingerprint density at radius 2 is 2.07 bits per heavy atom. The van der Waals surface area contributed by atoms with Gasteiger partial charge in [-0.05, 0) is 18.2 Å². The highest BCUT2D eigenvalue weighted by Gasteiger charge is 2.08. The Morgan fingerprint density at radius 3 is 2.79 bits per heavy atom. The highest BCUT2D eigenvalue weighted by atomic mass is 16.4. The molecule has 0 atom stereocenters. The van der Waals surface area contributed by atoms with Gasteiger partial charge < -0.3 is 10.8 Å². The molecule has 0 saturated carbocycles. The first-order valence-electron chi connectivity index (χ1n) is 3.80. The molecule has 0 aliphatic heterocycles. The van der Waals surface area contributed by atoms with Gasteiger partial charge in [0, 0.05) is 5.69 Å². The maximum Gasteiger partial charge on any atom is 0.375 e. The van der Waals surface area contributed by atoms with Crippen molar-refractivity contribution in [3.05, 3.63) is 24.0 Å². The molecule has 1 aromatic carbocycles. The van der Waals surface area contributed by atoms with Crippen LogP contribution in [0.5, 0.6) is 0 Å². The Labute approximate surface area is 78.4 Å². The molecule has 0 unspecified atom stereocenters. The molecule has 0 aliphatic rings. The number of carboxylic acid groups (broad SMARTS) is 1. The van der Waals surface area contributed by atoms with Gasteiger partial charge in [-0.2, -0.15) is 0 Å². The molecule has 0 aliphatic carbocycles. The van der Waals surface area contributed by atoms with E-state index in [2.05, 4.69) is 15.2 Å². The molecular weight excluding hydrogens is 184 g/mol. The van der Waals surface area contributed by atoms with E-state index in [1.165, 1.54) is 0 Å². The second-order valence-corrected chi connectivity index (χ2v) is 2.69. The van der Waals surface area contributed by atoms with Crippen LogP contribution in [-0.2, 0) is 0 Å². The van der Waals surface area contributed by atoms with Crippen molar-refractivity contribution in [3.63, 3.8) is 0 Å². The lowest BCUT2D eigenvalue weighted by molar-refractivity contribution is 0.0682. The average molecular weight is 190 g/mol. The number of nitrogens with zero attached hydrogens (tertiary/aromatic N) is 3. The first-order chi connectivity index (χ1) is 6.66. The van der Waals surface area contributed by atoms with E-state index in [0.717, 1.165) is 0 Å². The van der Waals surface area contributed by atoms with Crippen LogP contribution in [0.15, 0.2) is 18.2 Å². The Balaban J connectivity index is 2.69. The minimum atomic E-state index is -1.21. The van der Waals surface area contributed by atoms with E-state index >= 15 is 0 Å². The summed E-state index contributed by atoms with van der Waals surface area (Å²) in [5, 5.41) is 15.7. The summed E-state index contributed by atoms with van der Waals surface area (Å²) < 4.78 is 0. The maximum absolute atomic E-state index is 10.5. The van der Waals surface area contributed by atoms with Gasteiger partial charge in [0.1, 0.15) is 5.52 Å². The fourth-order valence-corrected chi connectivity index (χ4v) is 1.04. The fourth-order valence-electron chi connectivity index (χ4n) is 1.04. The van der Waals surface area contributed by atoms with E-state index in [1.807, 2.05) is 0 Å². The van der Waals surface area contributed by atoms with Gasteiger partial charge in [0.15, 0.2) is 0 Å². The van der Waals surface area contributed by atoms with Crippen molar-refractivity contribution in [2.75, 3.05) is 5.73 Å². The molecule has 1 heterocycles. The first kappa shape index (κ1) is 8.36. The van der Waals surface area contributed by atoms with Gasteiger partial charge in [0.05, 0.1) is 5.52 Å². The van der Waals surface area contributed by atoms with E-state index in [1.54, 1.807) is 18.2 Å². The molecule has 2 rings (SSSR count). The Kier molecular flexibility index (Phi) is 1.74. The predicted octanol–water partition coefficient (Wildman–Crippen LogP) is 0.305. The molecule has 0 spiro atoms. The average Bonchev–Trinajstić information content (AvgIpc) is 2.16. The van der Waals surface area contributed by atoms with Crippen LogP contribution in [0, 0.1) is 0 Å². The molecule has 6 nitrogen and oxygen atoms in total. The summed E-state index contributed by atoms with van der Waals surface area (Å²) in [6.45, 7) is 0. The summed E-state index contributed by atoms with van der Waals surface area (Å²) >= 11 is 0. The van der Waals surface area contributed by atoms with Crippen LogP contribution >= 0.6 is 0 Å². The number of aromatic nitrogens is 3. The number of nitrogen functional groups attached to an aromatic ring is 1. The number of anilines is 1. The largest absolute Gasteiger partial charge is 0.475 e. The van der Waals surface area contributed by atoms with E-state index in [0.29, 0.717) is 16.7 Å². The predicted molar refractivity (Wildman–Crippen MR) is 48.7 cm³/mol. The molecule has 3 N–H and O–H groups in total. The van der Waals surface area contributed by atoms with Gasteiger partial charge >= 0.3 is 5.97 Å². The molecule has 70 valence electrons. The molecular formula is C8H6N4O2. The molecule has 0 amide bonds. The van der Waals surface area contributed by atoms with Crippen LogP contribution in [0.4, 0.5) is 5.69 Å². The summed E-state index contributed by atoms with van der Waals surface area (Å²) in [6.07, 6.45) is 0. The molecule has 6 heteroatoms. The second-order valence-electron chi connectivity index (χ2n) is 2.69. The molecule has 0 radical (unpaired) electrons. The van der Waals surface area contributed by atoms with Crippen LogP contribution in [0.3, 0.4) is 0 Å². The number of benzene rings is 1. The van der Waals surface area contributed by atoms with Crippen LogP contribution in [-0.4, -0.2) is 26.3 Å². The lowest BCUT2D eigenvalue weighted by Crippen LogP contribution is -2.05. The van der Waals surface area contributed by atoms with Crippen molar-refractivity contribution in [1.29, 1.82) is 0 Å². The molecule has 2 aromatic rings. The van der Waals surface area contributed by atoms with Crippen molar-refractivity contribution >= 4 is 22.7 Å². The zero-order chi connectivity index (χ0) is 10.1. The van der Waals surface area contributed by atoms with Crippen LogP contribution in [0.1, 0.15) is 10.6 Å². The van der Waals surface area contributed by atoms with Gasteiger partial charge in [-0.3, -0.25) is 0 Å². The van der Waals surface area contributed by atoms with Gasteiger partial charge in [-0.15, -0.1) is 10.2 Å². The maximum atomic E-state index is 10.5. The zero-order valence-electron chi connectivity index (χ0n) is 7.01. The van der Waals surface area contributed by atoms with Gasteiger partial charge in [-0.1, -0.05) is 0 Å². The summed E-state index contributed by atoms with van der Waals surface area (Å²) in [5.41, 5.74) is 6.97.